The summed E-state index contributed by atoms with van der Waals surface area (Å²) in [6.45, 7) is 7.53. The van der Waals surface area contributed by atoms with Gasteiger partial charge in [0, 0.05) is 19.0 Å². The molecule has 1 fully saturated rings. The summed E-state index contributed by atoms with van der Waals surface area (Å²) in [6.07, 6.45) is 3.57. The van der Waals surface area contributed by atoms with Crippen LogP contribution in [0.1, 0.15) is 33.1 Å². The summed E-state index contributed by atoms with van der Waals surface area (Å²) in [6, 6.07) is 0.775. The Kier molecular flexibility index (Phi) is 8.52. The standard InChI is InChI=1S/C7H15N.C4H8N2O2/c1-7(2)8-5-3-4-6-8;5-4(8)1-2-6-3-7/h7H,3-6H2,1-2H3;3H,1-2H2,(H2,5,8)(H,6,7). The number of nitrogens with zero attached hydrogens (tertiary/aromatic N) is 1. The third-order valence-corrected chi connectivity index (χ3v) is 2.47. The lowest BCUT2D eigenvalue weighted by molar-refractivity contribution is -0.118. The maximum absolute atomic E-state index is 9.94. The van der Waals surface area contributed by atoms with Crippen LogP contribution < -0.4 is 11.1 Å². The number of primary amides is 1. The number of carbonyl (C=O) groups is 2. The highest BCUT2D eigenvalue weighted by Gasteiger charge is 2.13. The lowest BCUT2D eigenvalue weighted by Crippen LogP contribution is -2.26. The zero-order valence-electron chi connectivity index (χ0n) is 10.2. The van der Waals surface area contributed by atoms with Crippen LogP contribution >= 0.6 is 0 Å². The third kappa shape index (κ3) is 8.23. The maximum atomic E-state index is 9.94. The minimum Gasteiger partial charge on any atom is -0.370 e. The van der Waals surface area contributed by atoms with E-state index in [9.17, 15) is 9.59 Å². The van der Waals surface area contributed by atoms with Crippen molar-refractivity contribution in [1.29, 1.82) is 0 Å². The SMILES string of the molecule is CC(C)N1CCCC1.NC(=O)CCNC=O. The molecule has 0 unspecified atom stereocenters. The van der Waals surface area contributed by atoms with Crippen molar-refractivity contribution >= 4 is 12.3 Å². The predicted molar refractivity (Wildman–Crippen MR) is 63.8 cm³/mol. The number of nitrogens with two attached hydrogens (primary N) is 1. The fourth-order valence-electron chi connectivity index (χ4n) is 1.51. The van der Waals surface area contributed by atoms with Crippen LogP contribution in [-0.4, -0.2) is 42.9 Å². The largest absolute Gasteiger partial charge is 0.370 e. The molecule has 0 saturated carbocycles. The van der Waals surface area contributed by atoms with Crippen molar-refractivity contribution in [2.75, 3.05) is 19.6 Å². The van der Waals surface area contributed by atoms with E-state index < -0.39 is 5.91 Å². The molecule has 0 aromatic heterocycles. The number of nitrogens with one attached hydrogen (secondary N) is 1. The average molecular weight is 229 g/mol. The fraction of sp³-hybridized carbons (Fsp3) is 0.818. The van der Waals surface area contributed by atoms with Gasteiger partial charge in [0.15, 0.2) is 0 Å². The molecular weight excluding hydrogens is 206 g/mol. The van der Waals surface area contributed by atoms with E-state index in [2.05, 4.69) is 24.1 Å². The number of hydrogen-bond acceptors (Lipinski definition) is 3. The molecule has 1 aliphatic heterocycles. The van der Waals surface area contributed by atoms with Gasteiger partial charge in [0.25, 0.3) is 0 Å². The van der Waals surface area contributed by atoms with Gasteiger partial charge in [0.1, 0.15) is 0 Å². The first kappa shape index (κ1) is 14.9. The smallest absolute Gasteiger partial charge is 0.219 e. The molecule has 1 saturated heterocycles. The van der Waals surface area contributed by atoms with Crippen LogP contribution in [0.15, 0.2) is 0 Å². The van der Waals surface area contributed by atoms with E-state index in [1.165, 1.54) is 25.9 Å². The molecule has 3 N–H and O–H groups in total. The zero-order chi connectivity index (χ0) is 12.4. The highest BCUT2D eigenvalue weighted by molar-refractivity contribution is 5.74. The van der Waals surface area contributed by atoms with E-state index in [-0.39, 0.29) is 6.42 Å². The summed E-state index contributed by atoms with van der Waals surface area (Å²) >= 11 is 0. The Bertz CT molecular complexity index is 201. The summed E-state index contributed by atoms with van der Waals surface area (Å²) in [7, 11) is 0. The Balaban J connectivity index is 0.000000281. The third-order valence-electron chi connectivity index (χ3n) is 2.47. The van der Waals surface area contributed by atoms with E-state index >= 15 is 0 Å². The monoisotopic (exact) mass is 229 g/mol. The minimum absolute atomic E-state index is 0.207. The molecule has 0 aromatic rings. The van der Waals surface area contributed by atoms with Crippen LogP contribution in [0.25, 0.3) is 0 Å². The Labute approximate surface area is 97.4 Å². The van der Waals surface area contributed by atoms with Crippen LogP contribution in [0.2, 0.25) is 0 Å². The molecule has 1 heterocycles. The second kappa shape index (κ2) is 9.15. The highest BCUT2D eigenvalue weighted by Crippen LogP contribution is 2.09. The Morgan fingerprint density at radius 2 is 2.00 bits per heavy atom. The van der Waals surface area contributed by atoms with Gasteiger partial charge in [-0.15, -0.1) is 0 Å². The molecule has 0 bridgehead atoms. The van der Waals surface area contributed by atoms with Crippen LogP contribution in [0, 0.1) is 0 Å². The molecule has 0 aromatic carbocycles. The van der Waals surface area contributed by atoms with Gasteiger partial charge in [-0.1, -0.05) is 0 Å². The number of hydrogen-bond donors (Lipinski definition) is 2. The quantitative estimate of drug-likeness (QED) is 0.518. The summed E-state index contributed by atoms with van der Waals surface area (Å²) in [5.41, 5.74) is 4.74. The average Bonchev–Trinajstić information content (AvgIpc) is 2.71. The van der Waals surface area contributed by atoms with Crippen molar-refractivity contribution in [1.82, 2.24) is 10.2 Å². The topological polar surface area (TPSA) is 75.4 Å². The van der Waals surface area contributed by atoms with Gasteiger partial charge in [-0.3, -0.25) is 9.59 Å². The van der Waals surface area contributed by atoms with Crippen molar-refractivity contribution in [3.05, 3.63) is 0 Å². The molecule has 5 nitrogen and oxygen atoms in total. The van der Waals surface area contributed by atoms with Gasteiger partial charge in [0.05, 0.1) is 0 Å². The molecule has 1 rings (SSSR count). The van der Waals surface area contributed by atoms with Crippen molar-refractivity contribution in [3.8, 4) is 0 Å². The lowest BCUT2D eigenvalue weighted by atomic mass is 10.3. The molecule has 5 heteroatoms. The summed E-state index contributed by atoms with van der Waals surface area (Å²) < 4.78 is 0. The second-order valence-corrected chi connectivity index (χ2v) is 4.13. The fourth-order valence-corrected chi connectivity index (χ4v) is 1.51. The van der Waals surface area contributed by atoms with Crippen LogP contribution in [-0.2, 0) is 9.59 Å². The first-order valence-corrected chi connectivity index (χ1v) is 5.77. The van der Waals surface area contributed by atoms with Gasteiger partial charge >= 0.3 is 0 Å². The predicted octanol–water partition coefficient (Wildman–Crippen LogP) is 0.0984. The van der Waals surface area contributed by atoms with Crippen molar-refractivity contribution in [2.45, 2.75) is 39.2 Å². The lowest BCUT2D eigenvalue weighted by Gasteiger charge is -2.18. The molecule has 2 amide bonds. The molecular formula is C11H23N3O2. The van der Waals surface area contributed by atoms with Gasteiger partial charge in [-0.05, 0) is 39.8 Å². The van der Waals surface area contributed by atoms with Crippen LogP contribution in [0.5, 0.6) is 0 Å². The summed E-state index contributed by atoms with van der Waals surface area (Å²) in [4.78, 5) is 22.0. The molecule has 0 spiro atoms. The molecule has 0 radical (unpaired) electrons. The van der Waals surface area contributed by atoms with Crippen LogP contribution in [0.4, 0.5) is 0 Å². The number of likely N-dealkylation sites (tertiary alicyclic amines) is 1. The van der Waals surface area contributed by atoms with Crippen molar-refractivity contribution < 1.29 is 9.59 Å². The minimum atomic E-state index is -0.403. The summed E-state index contributed by atoms with van der Waals surface area (Å²) in [5.74, 6) is -0.403. The summed E-state index contributed by atoms with van der Waals surface area (Å²) in [5, 5.41) is 2.30. The van der Waals surface area contributed by atoms with E-state index in [0.29, 0.717) is 13.0 Å². The van der Waals surface area contributed by atoms with Crippen molar-refractivity contribution in [2.24, 2.45) is 5.73 Å². The first-order valence-electron chi connectivity index (χ1n) is 5.77. The van der Waals surface area contributed by atoms with Gasteiger partial charge in [0.2, 0.25) is 12.3 Å². The van der Waals surface area contributed by atoms with E-state index in [0.717, 1.165) is 6.04 Å². The molecule has 0 atom stereocenters. The normalized spacial score (nSPS) is 15.4. The zero-order valence-corrected chi connectivity index (χ0v) is 10.2. The van der Waals surface area contributed by atoms with Crippen molar-refractivity contribution in [3.63, 3.8) is 0 Å². The number of carbonyl (C=O) groups excluding carboxylic acids is 2. The Morgan fingerprint density at radius 3 is 2.31 bits per heavy atom. The Morgan fingerprint density at radius 1 is 1.44 bits per heavy atom. The molecule has 0 aliphatic carbocycles. The molecule has 94 valence electrons. The Hall–Kier alpha value is -1.10. The first-order chi connectivity index (χ1) is 7.57. The van der Waals surface area contributed by atoms with Crippen LogP contribution in [0.3, 0.4) is 0 Å². The molecule has 1 aliphatic rings. The number of amides is 2. The molecule has 16 heavy (non-hydrogen) atoms. The van der Waals surface area contributed by atoms with Gasteiger partial charge in [-0.2, -0.15) is 0 Å². The van der Waals surface area contributed by atoms with E-state index in [4.69, 9.17) is 5.73 Å². The van der Waals surface area contributed by atoms with E-state index in [1.54, 1.807) is 0 Å². The highest BCUT2D eigenvalue weighted by atomic mass is 16.1. The van der Waals surface area contributed by atoms with Gasteiger partial charge < -0.3 is 16.0 Å². The maximum Gasteiger partial charge on any atom is 0.219 e. The van der Waals surface area contributed by atoms with E-state index in [1.807, 2.05) is 0 Å². The van der Waals surface area contributed by atoms with Gasteiger partial charge in [-0.25, -0.2) is 0 Å². The number of rotatable bonds is 5. The second-order valence-electron chi connectivity index (χ2n) is 4.13.